The lowest BCUT2D eigenvalue weighted by atomic mass is 10.3. The average Bonchev–Trinajstić information content (AvgIpc) is 2.37. The molecule has 0 saturated heterocycles. The van der Waals surface area contributed by atoms with Crippen molar-refractivity contribution in [2.45, 2.75) is 13.3 Å². The maximum Gasteiger partial charge on any atom is 0.411 e. The van der Waals surface area contributed by atoms with Gasteiger partial charge >= 0.3 is 6.09 Å². The van der Waals surface area contributed by atoms with Gasteiger partial charge in [-0.3, -0.25) is 5.32 Å². The van der Waals surface area contributed by atoms with Gasteiger partial charge in [0.15, 0.2) is 0 Å². The zero-order valence-electron chi connectivity index (χ0n) is 10.9. The van der Waals surface area contributed by atoms with E-state index in [-0.39, 0.29) is 0 Å². The van der Waals surface area contributed by atoms with Crippen LogP contribution in [-0.4, -0.2) is 31.3 Å². The van der Waals surface area contributed by atoms with E-state index < -0.39 is 6.09 Å². The monoisotopic (exact) mass is 268 g/mol. The van der Waals surface area contributed by atoms with Crippen molar-refractivity contribution in [2.75, 3.05) is 35.8 Å². The first-order valence-corrected chi connectivity index (χ1v) is 7.42. The van der Waals surface area contributed by atoms with Crippen molar-refractivity contribution in [1.82, 2.24) is 0 Å². The summed E-state index contributed by atoms with van der Waals surface area (Å²) in [5.74, 6) is 1.16. The van der Waals surface area contributed by atoms with Crippen LogP contribution in [0.1, 0.15) is 13.3 Å². The van der Waals surface area contributed by atoms with E-state index >= 15 is 0 Å². The molecular formula is C13H20N2O2S. The van der Waals surface area contributed by atoms with Gasteiger partial charge in [0.25, 0.3) is 0 Å². The summed E-state index contributed by atoms with van der Waals surface area (Å²) in [5, 5.41) is 5.98. The lowest BCUT2D eigenvalue weighted by molar-refractivity contribution is 0.168. The van der Waals surface area contributed by atoms with Crippen molar-refractivity contribution >= 4 is 29.2 Å². The first kappa shape index (κ1) is 14.7. The number of hydrogen-bond donors (Lipinski definition) is 2. The zero-order chi connectivity index (χ0) is 13.2. The molecule has 0 spiro atoms. The Morgan fingerprint density at radius 2 is 1.94 bits per heavy atom. The van der Waals surface area contributed by atoms with Gasteiger partial charge in [0, 0.05) is 17.9 Å². The van der Waals surface area contributed by atoms with E-state index in [1.54, 1.807) is 6.92 Å². The first-order valence-electron chi connectivity index (χ1n) is 6.03. The summed E-state index contributed by atoms with van der Waals surface area (Å²) in [7, 11) is 0. The topological polar surface area (TPSA) is 50.4 Å². The summed E-state index contributed by atoms with van der Waals surface area (Å²) in [6, 6.07) is 7.60. The van der Waals surface area contributed by atoms with Gasteiger partial charge in [-0.2, -0.15) is 11.8 Å². The van der Waals surface area contributed by atoms with Crippen molar-refractivity contribution in [3.63, 3.8) is 0 Å². The van der Waals surface area contributed by atoms with E-state index in [1.165, 1.54) is 0 Å². The molecule has 0 atom stereocenters. The molecule has 100 valence electrons. The van der Waals surface area contributed by atoms with Crippen LogP contribution in [0.2, 0.25) is 0 Å². The Hall–Kier alpha value is -1.36. The van der Waals surface area contributed by atoms with Crippen molar-refractivity contribution < 1.29 is 9.53 Å². The summed E-state index contributed by atoms with van der Waals surface area (Å²) < 4.78 is 4.80. The van der Waals surface area contributed by atoms with Gasteiger partial charge in [0.1, 0.15) is 0 Å². The predicted molar refractivity (Wildman–Crippen MR) is 78.6 cm³/mol. The van der Waals surface area contributed by atoms with Crippen LogP contribution in [0, 0.1) is 0 Å². The van der Waals surface area contributed by atoms with Crippen LogP contribution in [0.5, 0.6) is 0 Å². The standard InChI is InChI=1S/C13H20N2O2S/c1-3-17-13(16)15-12-7-5-11(6-8-12)14-9-4-10-18-2/h5-8,14H,3-4,9-10H2,1-2H3,(H,15,16). The average molecular weight is 268 g/mol. The Bertz CT molecular complexity index is 355. The summed E-state index contributed by atoms with van der Waals surface area (Å²) in [5.41, 5.74) is 1.80. The van der Waals surface area contributed by atoms with Gasteiger partial charge in [0.2, 0.25) is 0 Å². The number of amides is 1. The summed E-state index contributed by atoms with van der Waals surface area (Å²) >= 11 is 1.85. The third-order valence-electron chi connectivity index (χ3n) is 2.26. The van der Waals surface area contributed by atoms with Crippen molar-refractivity contribution in [3.8, 4) is 0 Å². The van der Waals surface area contributed by atoms with Gasteiger partial charge in [0.05, 0.1) is 6.61 Å². The van der Waals surface area contributed by atoms with E-state index in [2.05, 4.69) is 16.9 Å². The lowest BCUT2D eigenvalue weighted by Crippen LogP contribution is -2.13. The number of ether oxygens (including phenoxy) is 1. The van der Waals surface area contributed by atoms with E-state index in [9.17, 15) is 4.79 Å². The zero-order valence-corrected chi connectivity index (χ0v) is 11.7. The molecule has 0 bridgehead atoms. The Kier molecular flexibility index (Phi) is 7.10. The molecule has 4 nitrogen and oxygen atoms in total. The van der Waals surface area contributed by atoms with Gasteiger partial charge < -0.3 is 10.1 Å². The molecule has 1 amide bonds. The third-order valence-corrected chi connectivity index (χ3v) is 2.96. The number of hydrogen-bond acceptors (Lipinski definition) is 4. The molecular weight excluding hydrogens is 248 g/mol. The summed E-state index contributed by atoms with van der Waals surface area (Å²) in [6.45, 7) is 3.12. The highest BCUT2D eigenvalue weighted by atomic mass is 32.2. The maximum absolute atomic E-state index is 11.2. The number of anilines is 2. The fourth-order valence-electron chi connectivity index (χ4n) is 1.41. The minimum absolute atomic E-state index is 0.376. The number of thioether (sulfide) groups is 1. The third kappa shape index (κ3) is 5.82. The molecule has 2 N–H and O–H groups in total. The van der Waals surface area contributed by atoms with Crippen LogP contribution in [-0.2, 0) is 4.74 Å². The molecule has 5 heteroatoms. The molecule has 1 aromatic carbocycles. The molecule has 0 aromatic heterocycles. The second-order valence-electron chi connectivity index (χ2n) is 3.70. The maximum atomic E-state index is 11.2. The van der Waals surface area contributed by atoms with Crippen LogP contribution in [0.4, 0.5) is 16.2 Å². The lowest BCUT2D eigenvalue weighted by Gasteiger charge is -2.08. The van der Waals surface area contributed by atoms with Gasteiger partial charge in [-0.15, -0.1) is 0 Å². The molecule has 0 fully saturated rings. The second kappa shape index (κ2) is 8.69. The SMILES string of the molecule is CCOC(=O)Nc1ccc(NCCCSC)cc1. The minimum Gasteiger partial charge on any atom is -0.450 e. The fraction of sp³-hybridized carbons (Fsp3) is 0.462. The smallest absolute Gasteiger partial charge is 0.411 e. The number of nitrogens with one attached hydrogen (secondary N) is 2. The Morgan fingerprint density at radius 3 is 2.56 bits per heavy atom. The van der Waals surface area contributed by atoms with Crippen molar-refractivity contribution in [2.24, 2.45) is 0 Å². The quantitative estimate of drug-likeness (QED) is 0.744. The Balaban J connectivity index is 2.35. The molecule has 1 aromatic rings. The fourth-order valence-corrected chi connectivity index (χ4v) is 1.84. The Morgan fingerprint density at radius 1 is 1.28 bits per heavy atom. The molecule has 0 aliphatic carbocycles. The van der Waals surface area contributed by atoms with Crippen LogP contribution in [0.25, 0.3) is 0 Å². The highest BCUT2D eigenvalue weighted by Crippen LogP contribution is 2.13. The number of rotatable bonds is 7. The van der Waals surface area contributed by atoms with Crippen LogP contribution >= 0.6 is 11.8 Å². The van der Waals surface area contributed by atoms with Crippen molar-refractivity contribution in [3.05, 3.63) is 24.3 Å². The highest BCUT2D eigenvalue weighted by molar-refractivity contribution is 7.98. The first-order chi connectivity index (χ1) is 8.76. The van der Waals surface area contributed by atoms with Crippen LogP contribution in [0.3, 0.4) is 0 Å². The minimum atomic E-state index is -0.418. The second-order valence-corrected chi connectivity index (χ2v) is 4.68. The predicted octanol–water partition coefficient (Wildman–Crippen LogP) is 3.42. The van der Waals surface area contributed by atoms with Gasteiger partial charge in [-0.05, 0) is 49.6 Å². The molecule has 18 heavy (non-hydrogen) atoms. The molecule has 0 radical (unpaired) electrons. The van der Waals surface area contributed by atoms with E-state index in [0.29, 0.717) is 6.61 Å². The van der Waals surface area contributed by atoms with Crippen LogP contribution in [0.15, 0.2) is 24.3 Å². The molecule has 0 aliphatic rings. The normalized spacial score (nSPS) is 9.89. The van der Waals surface area contributed by atoms with E-state index in [0.717, 1.165) is 30.1 Å². The molecule has 0 aliphatic heterocycles. The van der Waals surface area contributed by atoms with Crippen molar-refractivity contribution in [1.29, 1.82) is 0 Å². The molecule has 0 saturated carbocycles. The number of carbonyl (C=O) groups is 1. The van der Waals surface area contributed by atoms with Gasteiger partial charge in [-0.1, -0.05) is 0 Å². The van der Waals surface area contributed by atoms with E-state index in [4.69, 9.17) is 4.74 Å². The highest BCUT2D eigenvalue weighted by Gasteiger charge is 2.01. The largest absolute Gasteiger partial charge is 0.450 e. The summed E-state index contributed by atoms with van der Waals surface area (Å²) in [4.78, 5) is 11.2. The Labute approximate surface area is 112 Å². The summed E-state index contributed by atoms with van der Waals surface area (Å²) in [6.07, 6.45) is 2.83. The molecule has 0 heterocycles. The molecule has 0 unspecified atom stereocenters. The number of carbonyl (C=O) groups excluding carboxylic acids is 1. The number of benzene rings is 1. The van der Waals surface area contributed by atoms with Gasteiger partial charge in [-0.25, -0.2) is 4.79 Å². The van der Waals surface area contributed by atoms with Crippen LogP contribution < -0.4 is 10.6 Å². The molecule has 1 rings (SSSR count). The van der Waals surface area contributed by atoms with E-state index in [1.807, 2.05) is 36.0 Å².